The van der Waals surface area contributed by atoms with E-state index in [4.69, 9.17) is 9.47 Å². The first-order chi connectivity index (χ1) is 15.9. The van der Waals surface area contributed by atoms with Crippen molar-refractivity contribution in [3.8, 4) is 0 Å². The zero-order valence-electron chi connectivity index (χ0n) is 18.4. The molecule has 0 aliphatic heterocycles. The Morgan fingerprint density at radius 2 is 1.97 bits per heavy atom. The number of ether oxygens (including phenoxy) is 2. The van der Waals surface area contributed by atoms with E-state index in [9.17, 15) is 19.2 Å². The topological polar surface area (TPSA) is 115 Å². The molecule has 0 bridgehead atoms. The van der Waals surface area contributed by atoms with Crippen LogP contribution in [0.25, 0.3) is 10.9 Å². The molecule has 1 aliphatic carbocycles. The minimum Gasteiger partial charge on any atom is -0.462 e. The average Bonchev–Trinajstić information content (AvgIpc) is 3.13. The highest BCUT2D eigenvalue weighted by Crippen LogP contribution is 2.40. The molecule has 0 saturated heterocycles. The summed E-state index contributed by atoms with van der Waals surface area (Å²) in [6, 6.07) is 7.99. The molecule has 1 aromatic carbocycles. The smallest absolute Gasteiger partial charge is 0.341 e. The van der Waals surface area contributed by atoms with E-state index in [1.807, 2.05) is 0 Å². The fourth-order valence-electron chi connectivity index (χ4n) is 4.00. The van der Waals surface area contributed by atoms with Gasteiger partial charge in [-0.2, -0.15) is 0 Å². The zero-order valence-corrected chi connectivity index (χ0v) is 19.2. The SMILES string of the molecule is CCOC(=O)c1c(NC(=O)COC(=O)c2cc(=O)[nH]c3ccccc23)sc2c1CCC(C)C2. The summed E-state index contributed by atoms with van der Waals surface area (Å²) >= 11 is 1.36. The van der Waals surface area contributed by atoms with E-state index in [1.54, 1.807) is 31.2 Å². The second-order valence-electron chi connectivity index (χ2n) is 7.99. The minimum absolute atomic E-state index is 0.0786. The molecule has 1 unspecified atom stereocenters. The van der Waals surface area contributed by atoms with Crippen molar-refractivity contribution in [3.63, 3.8) is 0 Å². The number of amides is 1. The third-order valence-electron chi connectivity index (χ3n) is 5.55. The molecule has 0 fully saturated rings. The van der Waals surface area contributed by atoms with Crippen LogP contribution in [0.5, 0.6) is 0 Å². The van der Waals surface area contributed by atoms with Crippen molar-refractivity contribution in [1.29, 1.82) is 0 Å². The number of thiophene rings is 1. The summed E-state index contributed by atoms with van der Waals surface area (Å²) in [7, 11) is 0. The first-order valence-corrected chi connectivity index (χ1v) is 11.6. The number of aromatic nitrogens is 1. The molecule has 9 heteroatoms. The van der Waals surface area contributed by atoms with Gasteiger partial charge in [0, 0.05) is 21.8 Å². The maximum Gasteiger partial charge on any atom is 0.341 e. The highest BCUT2D eigenvalue weighted by Gasteiger charge is 2.29. The van der Waals surface area contributed by atoms with Crippen molar-refractivity contribution in [3.05, 3.63) is 62.3 Å². The van der Waals surface area contributed by atoms with Gasteiger partial charge in [0.25, 0.3) is 5.91 Å². The van der Waals surface area contributed by atoms with Crippen LogP contribution < -0.4 is 10.9 Å². The van der Waals surface area contributed by atoms with E-state index in [2.05, 4.69) is 17.2 Å². The summed E-state index contributed by atoms with van der Waals surface area (Å²) in [6.07, 6.45) is 2.56. The van der Waals surface area contributed by atoms with Gasteiger partial charge in [-0.25, -0.2) is 9.59 Å². The lowest BCUT2D eigenvalue weighted by atomic mass is 9.88. The Kier molecular flexibility index (Phi) is 6.60. The number of benzene rings is 1. The van der Waals surface area contributed by atoms with E-state index in [1.165, 1.54) is 11.3 Å². The van der Waals surface area contributed by atoms with Crippen LogP contribution >= 0.6 is 11.3 Å². The first kappa shape index (κ1) is 22.7. The second-order valence-corrected chi connectivity index (χ2v) is 9.10. The molecule has 4 rings (SSSR count). The monoisotopic (exact) mass is 468 g/mol. The van der Waals surface area contributed by atoms with Crippen LogP contribution in [-0.2, 0) is 27.1 Å². The number of fused-ring (bicyclic) bond motifs is 2. The highest BCUT2D eigenvalue weighted by atomic mass is 32.1. The molecule has 2 N–H and O–H groups in total. The van der Waals surface area contributed by atoms with Crippen LogP contribution in [-0.4, -0.2) is 36.0 Å². The van der Waals surface area contributed by atoms with E-state index in [0.717, 1.165) is 35.8 Å². The fourth-order valence-corrected chi connectivity index (χ4v) is 5.42. The Morgan fingerprint density at radius 3 is 2.76 bits per heavy atom. The molecule has 1 amide bonds. The fraction of sp³-hybridized carbons (Fsp3) is 0.333. The number of anilines is 1. The lowest BCUT2D eigenvalue weighted by Crippen LogP contribution is -2.22. The molecule has 0 radical (unpaired) electrons. The summed E-state index contributed by atoms with van der Waals surface area (Å²) < 4.78 is 10.4. The molecule has 172 valence electrons. The molecule has 0 saturated carbocycles. The molecule has 2 heterocycles. The van der Waals surface area contributed by atoms with Crippen molar-refractivity contribution in [2.45, 2.75) is 33.1 Å². The van der Waals surface area contributed by atoms with Crippen LogP contribution in [0.1, 0.15) is 51.4 Å². The van der Waals surface area contributed by atoms with Gasteiger partial charge in [-0.3, -0.25) is 9.59 Å². The van der Waals surface area contributed by atoms with Gasteiger partial charge in [0.05, 0.1) is 17.7 Å². The number of pyridine rings is 1. The molecule has 2 aromatic heterocycles. The summed E-state index contributed by atoms with van der Waals surface area (Å²) in [6.45, 7) is 3.56. The molecule has 3 aromatic rings. The lowest BCUT2D eigenvalue weighted by Gasteiger charge is -2.18. The summed E-state index contributed by atoms with van der Waals surface area (Å²) in [5.41, 5.74) is 1.46. The third-order valence-corrected chi connectivity index (χ3v) is 6.72. The van der Waals surface area contributed by atoms with E-state index < -0.39 is 30.0 Å². The van der Waals surface area contributed by atoms with Crippen molar-refractivity contribution in [1.82, 2.24) is 4.98 Å². The molecule has 8 nitrogen and oxygen atoms in total. The standard InChI is InChI=1S/C24H24N2O6S/c1-3-31-24(30)21-15-9-8-13(2)10-18(15)33-22(21)26-20(28)12-32-23(29)16-11-19(27)25-17-7-5-4-6-14(16)17/h4-7,11,13H,3,8-10,12H2,1-2H3,(H,25,27)(H,26,28). The molecule has 33 heavy (non-hydrogen) atoms. The number of H-pyrrole nitrogens is 1. The number of hydrogen-bond donors (Lipinski definition) is 2. The van der Waals surface area contributed by atoms with Gasteiger partial charge in [0.15, 0.2) is 6.61 Å². The zero-order chi connectivity index (χ0) is 23.5. The lowest BCUT2D eigenvalue weighted by molar-refractivity contribution is -0.119. The second kappa shape index (κ2) is 9.58. The largest absolute Gasteiger partial charge is 0.462 e. The van der Waals surface area contributed by atoms with Crippen LogP contribution in [0.15, 0.2) is 35.1 Å². The Balaban J connectivity index is 1.50. The normalized spacial score (nSPS) is 15.0. The van der Waals surface area contributed by atoms with Crippen LogP contribution in [0, 0.1) is 5.92 Å². The molecule has 1 aliphatic rings. The van der Waals surface area contributed by atoms with Gasteiger partial charge in [0.1, 0.15) is 5.00 Å². The van der Waals surface area contributed by atoms with Gasteiger partial charge >= 0.3 is 11.9 Å². The number of hydrogen-bond acceptors (Lipinski definition) is 7. The van der Waals surface area contributed by atoms with E-state index in [-0.39, 0.29) is 12.2 Å². The summed E-state index contributed by atoms with van der Waals surface area (Å²) in [5.74, 6) is -1.32. The maximum atomic E-state index is 12.6. The predicted molar refractivity (Wildman–Crippen MR) is 125 cm³/mol. The Bertz CT molecular complexity index is 1290. The third kappa shape index (κ3) is 4.83. The van der Waals surface area contributed by atoms with E-state index >= 15 is 0 Å². The van der Waals surface area contributed by atoms with Crippen molar-refractivity contribution < 1.29 is 23.9 Å². The summed E-state index contributed by atoms with van der Waals surface area (Å²) in [5, 5.41) is 3.64. The number of aromatic amines is 1. The Labute approximate surface area is 193 Å². The van der Waals surface area contributed by atoms with Crippen molar-refractivity contribution in [2.75, 3.05) is 18.5 Å². The van der Waals surface area contributed by atoms with Gasteiger partial charge in [-0.1, -0.05) is 25.1 Å². The minimum atomic E-state index is -0.780. The molecular weight excluding hydrogens is 444 g/mol. The average molecular weight is 469 g/mol. The molecule has 1 atom stereocenters. The van der Waals surface area contributed by atoms with Gasteiger partial charge in [0.2, 0.25) is 5.56 Å². The number of para-hydroxylation sites is 1. The van der Waals surface area contributed by atoms with Crippen LogP contribution in [0.4, 0.5) is 5.00 Å². The maximum absolute atomic E-state index is 12.6. The van der Waals surface area contributed by atoms with Gasteiger partial charge in [-0.15, -0.1) is 11.3 Å². The molecule has 0 spiro atoms. The van der Waals surface area contributed by atoms with E-state index in [0.29, 0.717) is 27.4 Å². The Morgan fingerprint density at radius 1 is 1.18 bits per heavy atom. The van der Waals surface area contributed by atoms with Crippen molar-refractivity contribution >= 4 is 45.1 Å². The predicted octanol–water partition coefficient (Wildman–Crippen LogP) is 3.69. The van der Waals surface area contributed by atoms with Crippen LogP contribution in [0.2, 0.25) is 0 Å². The first-order valence-electron chi connectivity index (χ1n) is 10.8. The molecular formula is C24H24N2O6S. The number of rotatable bonds is 6. The Hall–Kier alpha value is -3.46. The number of esters is 2. The number of carbonyl (C=O) groups excluding carboxylic acids is 3. The van der Waals surface area contributed by atoms with Gasteiger partial charge < -0.3 is 19.8 Å². The number of nitrogens with one attached hydrogen (secondary N) is 2. The van der Waals surface area contributed by atoms with Crippen LogP contribution in [0.3, 0.4) is 0 Å². The highest BCUT2D eigenvalue weighted by molar-refractivity contribution is 7.17. The summed E-state index contributed by atoms with van der Waals surface area (Å²) in [4.78, 5) is 53.4. The van der Waals surface area contributed by atoms with Crippen molar-refractivity contribution in [2.24, 2.45) is 5.92 Å². The number of carbonyl (C=O) groups is 3. The quantitative estimate of drug-likeness (QED) is 0.534. The van der Waals surface area contributed by atoms with Gasteiger partial charge in [-0.05, 0) is 43.7 Å².